The quantitative estimate of drug-likeness (QED) is 0.879. The van der Waals surface area contributed by atoms with Crippen LogP contribution in [-0.2, 0) is 6.54 Å². The van der Waals surface area contributed by atoms with Crippen LogP contribution in [0.15, 0.2) is 42.5 Å². The Bertz CT molecular complexity index is 695. The third kappa shape index (κ3) is 3.34. The minimum absolute atomic E-state index is 0.364. The molecule has 1 unspecified atom stereocenters. The smallest absolute Gasteiger partial charge is 0.161 e. The van der Waals surface area contributed by atoms with Gasteiger partial charge in [-0.25, -0.2) is 0 Å². The summed E-state index contributed by atoms with van der Waals surface area (Å²) >= 11 is 0. The Morgan fingerprint density at radius 1 is 1.04 bits per heavy atom. The Kier molecular flexibility index (Phi) is 4.30. The normalized spacial score (nSPS) is 17.4. The highest BCUT2D eigenvalue weighted by molar-refractivity contribution is 5.45. The Morgan fingerprint density at radius 3 is 2.50 bits per heavy atom. The van der Waals surface area contributed by atoms with Gasteiger partial charge in [0.2, 0.25) is 0 Å². The van der Waals surface area contributed by atoms with E-state index in [1.165, 1.54) is 24.0 Å². The highest BCUT2D eigenvalue weighted by Gasteiger charge is 2.32. The van der Waals surface area contributed by atoms with Crippen molar-refractivity contribution in [3.05, 3.63) is 53.6 Å². The summed E-state index contributed by atoms with van der Waals surface area (Å²) < 4.78 is 16.6. The van der Waals surface area contributed by atoms with Gasteiger partial charge in [0, 0.05) is 12.6 Å². The van der Waals surface area contributed by atoms with Crippen molar-refractivity contribution in [2.45, 2.75) is 25.4 Å². The Balaban J connectivity index is 1.48. The van der Waals surface area contributed by atoms with Crippen LogP contribution in [0.25, 0.3) is 0 Å². The number of hydrogen-bond acceptors (Lipinski definition) is 4. The number of fused-ring (bicyclic) bond motifs is 1. The van der Waals surface area contributed by atoms with E-state index < -0.39 is 0 Å². The SMILES string of the molecule is COc1ccc(CNC(c2ccc3c(c2)OCCO3)C2CC2)cc1. The summed E-state index contributed by atoms with van der Waals surface area (Å²) in [6.07, 6.45) is 2.57. The Morgan fingerprint density at radius 2 is 1.79 bits per heavy atom. The summed E-state index contributed by atoms with van der Waals surface area (Å²) in [7, 11) is 1.69. The summed E-state index contributed by atoms with van der Waals surface area (Å²) in [6.45, 7) is 2.11. The van der Waals surface area contributed by atoms with E-state index in [9.17, 15) is 0 Å². The summed E-state index contributed by atoms with van der Waals surface area (Å²) in [5.74, 6) is 3.33. The van der Waals surface area contributed by atoms with E-state index in [0.29, 0.717) is 25.2 Å². The first-order chi connectivity index (χ1) is 11.8. The molecule has 4 rings (SSSR count). The summed E-state index contributed by atoms with van der Waals surface area (Å²) in [5, 5.41) is 3.72. The van der Waals surface area contributed by atoms with Crippen molar-refractivity contribution in [2.24, 2.45) is 5.92 Å². The number of nitrogens with one attached hydrogen (secondary N) is 1. The molecule has 1 saturated carbocycles. The molecule has 0 spiro atoms. The molecule has 0 saturated heterocycles. The number of methoxy groups -OCH3 is 1. The number of ether oxygens (including phenoxy) is 3. The predicted octanol–water partition coefficient (Wildman–Crippen LogP) is 3.71. The van der Waals surface area contributed by atoms with E-state index in [2.05, 4.69) is 29.6 Å². The van der Waals surface area contributed by atoms with Gasteiger partial charge in [-0.15, -0.1) is 0 Å². The zero-order valence-electron chi connectivity index (χ0n) is 14.0. The molecule has 4 heteroatoms. The molecular formula is C20H23NO3. The minimum atomic E-state index is 0.364. The molecule has 2 aliphatic rings. The van der Waals surface area contributed by atoms with Crippen LogP contribution in [0.5, 0.6) is 17.2 Å². The van der Waals surface area contributed by atoms with Crippen molar-refractivity contribution in [1.29, 1.82) is 0 Å². The number of rotatable bonds is 6. The monoisotopic (exact) mass is 325 g/mol. The maximum atomic E-state index is 5.74. The molecule has 1 heterocycles. The summed E-state index contributed by atoms with van der Waals surface area (Å²) in [5.41, 5.74) is 2.55. The van der Waals surface area contributed by atoms with Gasteiger partial charge in [-0.1, -0.05) is 18.2 Å². The van der Waals surface area contributed by atoms with Gasteiger partial charge in [0.25, 0.3) is 0 Å². The second-order valence-corrected chi connectivity index (χ2v) is 6.45. The molecule has 1 N–H and O–H groups in total. The zero-order valence-corrected chi connectivity index (χ0v) is 14.0. The first-order valence-electron chi connectivity index (χ1n) is 8.59. The van der Waals surface area contributed by atoms with Gasteiger partial charge in [-0.3, -0.25) is 0 Å². The highest BCUT2D eigenvalue weighted by Crippen LogP contribution is 2.43. The van der Waals surface area contributed by atoms with Crippen molar-refractivity contribution in [3.63, 3.8) is 0 Å². The van der Waals surface area contributed by atoms with Crippen LogP contribution < -0.4 is 19.5 Å². The lowest BCUT2D eigenvalue weighted by atomic mass is 10.0. The van der Waals surface area contributed by atoms with Gasteiger partial charge in [0.05, 0.1) is 7.11 Å². The largest absolute Gasteiger partial charge is 0.497 e. The van der Waals surface area contributed by atoms with Gasteiger partial charge >= 0.3 is 0 Å². The van der Waals surface area contributed by atoms with Gasteiger partial charge in [0.15, 0.2) is 11.5 Å². The van der Waals surface area contributed by atoms with E-state index >= 15 is 0 Å². The van der Waals surface area contributed by atoms with Crippen LogP contribution in [0.4, 0.5) is 0 Å². The predicted molar refractivity (Wildman–Crippen MR) is 92.7 cm³/mol. The number of benzene rings is 2. The highest BCUT2D eigenvalue weighted by atomic mass is 16.6. The average Bonchev–Trinajstić information content (AvgIpc) is 3.47. The second kappa shape index (κ2) is 6.73. The molecule has 24 heavy (non-hydrogen) atoms. The molecule has 1 aliphatic carbocycles. The molecule has 2 aromatic carbocycles. The molecule has 0 radical (unpaired) electrons. The van der Waals surface area contributed by atoms with Gasteiger partial charge in [-0.05, 0) is 54.2 Å². The minimum Gasteiger partial charge on any atom is -0.497 e. The van der Waals surface area contributed by atoms with Gasteiger partial charge in [-0.2, -0.15) is 0 Å². The van der Waals surface area contributed by atoms with Crippen molar-refractivity contribution in [3.8, 4) is 17.2 Å². The maximum Gasteiger partial charge on any atom is 0.161 e. The van der Waals surface area contributed by atoms with E-state index in [1.54, 1.807) is 7.11 Å². The standard InChI is InChI=1S/C20H23NO3/c1-22-17-7-2-14(3-8-17)13-21-20(15-4-5-15)16-6-9-18-19(12-16)24-11-10-23-18/h2-3,6-9,12,15,20-21H,4-5,10-11,13H2,1H3. The lowest BCUT2D eigenvalue weighted by Crippen LogP contribution is -2.23. The fourth-order valence-corrected chi connectivity index (χ4v) is 3.21. The topological polar surface area (TPSA) is 39.7 Å². The molecule has 1 aliphatic heterocycles. The molecule has 2 aromatic rings. The van der Waals surface area contributed by atoms with Crippen molar-refractivity contribution >= 4 is 0 Å². The lowest BCUT2D eigenvalue weighted by Gasteiger charge is -2.23. The zero-order chi connectivity index (χ0) is 16.4. The first kappa shape index (κ1) is 15.3. The first-order valence-corrected chi connectivity index (χ1v) is 8.59. The van der Waals surface area contributed by atoms with E-state index in [0.717, 1.165) is 23.8 Å². The van der Waals surface area contributed by atoms with Gasteiger partial charge < -0.3 is 19.5 Å². The fourth-order valence-electron chi connectivity index (χ4n) is 3.21. The summed E-state index contributed by atoms with van der Waals surface area (Å²) in [4.78, 5) is 0. The maximum absolute atomic E-state index is 5.74. The lowest BCUT2D eigenvalue weighted by molar-refractivity contribution is 0.171. The Labute approximate surface area is 142 Å². The molecular weight excluding hydrogens is 302 g/mol. The molecule has 1 fully saturated rings. The van der Waals surface area contributed by atoms with E-state index in [1.807, 2.05) is 18.2 Å². The molecule has 0 amide bonds. The molecule has 0 aromatic heterocycles. The fraction of sp³-hybridized carbons (Fsp3) is 0.400. The molecule has 126 valence electrons. The van der Waals surface area contributed by atoms with Crippen molar-refractivity contribution in [1.82, 2.24) is 5.32 Å². The molecule has 4 nitrogen and oxygen atoms in total. The summed E-state index contributed by atoms with van der Waals surface area (Å²) in [6, 6.07) is 14.9. The van der Waals surface area contributed by atoms with Gasteiger partial charge in [0.1, 0.15) is 19.0 Å². The van der Waals surface area contributed by atoms with Crippen LogP contribution in [0.2, 0.25) is 0 Å². The van der Waals surface area contributed by atoms with E-state index in [-0.39, 0.29) is 0 Å². The average molecular weight is 325 g/mol. The molecule has 1 atom stereocenters. The van der Waals surface area contributed by atoms with Crippen LogP contribution in [-0.4, -0.2) is 20.3 Å². The third-order valence-corrected chi connectivity index (χ3v) is 4.70. The van der Waals surface area contributed by atoms with Crippen LogP contribution in [0.1, 0.15) is 30.0 Å². The second-order valence-electron chi connectivity index (χ2n) is 6.45. The van der Waals surface area contributed by atoms with Crippen LogP contribution in [0.3, 0.4) is 0 Å². The third-order valence-electron chi connectivity index (χ3n) is 4.70. The van der Waals surface area contributed by atoms with Crippen molar-refractivity contribution in [2.75, 3.05) is 20.3 Å². The van der Waals surface area contributed by atoms with Crippen LogP contribution in [0, 0.1) is 5.92 Å². The van der Waals surface area contributed by atoms with E-state index in [4.69, 9.17) is 14.2 Å². The number of hydrogen-bond donors (Lipinski definition) is 1. The molecule has 0 bridgehead atoms. The van der Waals surface area contributed by atoms with Crippen molar-refractivity contribution < 1.29 is 14.2 Å². The Hall–Kier alpha value is -2.20. The van der Waals surface area contributed by atoms with Crippen LogP contribution >= 0.6 is 0 Å².